The number of aromatic nitrogens is 1. The first-order valence-corrected chi connectivity index (χ1v) is 10.6. The standard InChI is InChI=1S/C18H23N3O3S2/c1-2-24-17(23)11-20-5-3-6-21(8-7-20)16(22)10-15-13-26-18(19-15)14-4-9-25-12-14/h4,9,12-13H,2-3,5-8,10-11H2,1H3. The lowest BCUT2D eigenvalue weighted by Gasteiger charge is -2.21. The summed E-state index contributed by atoms with van der Waals surface area (Å²) < 4.78 is 5.00. The average molecular weight is 394 g/mol. The van der Waals surface area contributed by atoms with E-state index in [1.165, 1.54) is 0 Å². The van der Waals surface area contributed by atoms with E-state index in [0.717, 1.165) is 35.8 Å². The van der Waals surface area contributed by atoms with Crippen molar-refractivity contribution < 1.29 is 14.3 Å². The molecule has 6 nitrogen and oxygen atoms in total. The number of rotatable bonds is 6. The van der Waals surface area contributed by atoms with Crippen molar-refractivity contribution in [1.29, 1.82) is 0 Å². The number of thiophene rings is 1. The molecule has 26 heavy (non-hydrogen) atoms. The number of hydrogen-bond donors (Lipinski definition) is 0. The van der Waals surface area contributed by atoms with Gasteiger partial charge in [-0.15, -0.1) is 11.3 Å². The highest BCUT2D eigenvalue weighted by atomic mass is 32.1. The van der Waals surface area contributed by atoms with Gasteiger partial charge in [0.2, 0.25) is 5.91 Å². The molecule has 8 heteroatoms. The zero-order valence-electron chi connectivity index (χ0n) is 14.8. The van der Waals surface area contributed by atoms with Crippen LogP contribution in [0.3, 0.4) is 0 Å². The minimum absolute atomic E-state index is 0.102. The van der Waals surface area contributed by atoms with Crippen molar-refractivity contribution in [2.45, 2.75) is 19.8 Å². The molecule has 1 fully saturated rings. The van der Waals surface area contributed by atoms with Crippen molar-refractivity contribution in [2.75, 3.05) is 39.3 Å². The van der Waals surface area contributed by atoms with Crippen molar-refractivity contribution in [2.24, 2.45) is 0 Å². The second-order valence-electron chi connectivity index (χ2n) is 6.15. The molecule has 0 bridgehead atoms. The molecule has 0 saturated carbocycles. The summed E-state index contributed by atoms with van der Waals surface area (Å²) >= 11 is 3.22. The Morgan fingerprint density at radius 1 is 1.23 bits per heavy atom. The Morgan fingerprint density at radius 3 is 2.88 bits per heavy atom. The Bertz CT molecular complexity index is 730. The fourth-order valence-corrected chi connectivity index (χ4v) is 4.47. The molecule has 0 aromatic carbocycles. The maximum Gasteiger partial charge on any atom is 0.320 e. The monoisotopic (exact) mass is 393 g/mol. The zero-order valence-corrected chi connectivity index (χ0v) is 16.5. The third-order valence-electron chi connectivity index (χ3n) is 4.25. The predicted octanol–water partition coefficient (Wildman–Crippen LogP) is 2.51. The molecular formula is C18H23N3O3S2. The van der Waals surface area contributed by atoms with Crippen LogP contribution in [0, 0.1) is 0 Å². The van der Waals surface area contributed by atoms with Gasteiger partial charge in [0.25, 0.3) is 0 Å². The third-order valence-corrected chi connectivity index (χ3v) is 5.87. The van der Waals surface area contributed by atoms with Crippen LogP contribution in [0.15, 0.2) is 22.2 Å². The number of amides is 1. The van der Waals surface area contributed by atoms with Crippen molar-refractivity contribution >= 4 is 34.6 Å². The van der Waals surface area contributed by atoms with Gasteiger partial charge >= 0.3 is 5.97 Å². The molecule has 0 spiro atoms. The number of carbonyl (C=O) groups is 2. The van der Waals surface area contributed by atoms with E-state index in [0.29, 0.717) is 32.7 Å². The van der Waals surface area contributed by atoms with Gasteiger partial charge in [-0.25, -0.2) is 4.98 Å². The minimum atomic E-state index is -0.198. The van der Waals surface area contributed by atoms with Gasteiger partial charge in [0, 0.05) is 42.5 Å². The first kappa shape index (κ1) is 19.0. The molecule has 1 amide bonds. The predicted molar refractivity (Wildman–Crippen MR) is 103 cm³/mol. The van der Waals surface area contributed by atoms with Crippen molar-refractivity contribution in [3.63, 3.8) is 0 Å². The first-order valence-electron chi connectivity index (χ1n) is 8.78. The molecule has 0 unspecified atom stereocenters. The van der Waals surface area contributed by atoms with Gasteiger partial charge in [0.1, 0.15) is 5.01 Å². The molecule has 1 saturated heterocycles. The van der Waals surface area contributed by atoms with Gasteiger partial charge < -0.3 is 9.64 Å². The van der Waals surface area contributed by atoms with Gasteiger partial charge in [0.05, 0.1) is 25.3 Å². The van der Waals surface area contributed by atoms with Crippen LogP contribution in [0.1, 0.15) is 19.0 Å². The topological polar surface area (TPSA) is 62.7 Å². The molecule has 0 radical (unpaired) electrons. The molecule has 3 heterocycles. The Morgan fingerprint density at radius 2 is 2.12 bits per heavy atom. The van der Waals surface area contributed by atoms with Crippen LogP contribution in [0.4, 0.5) is 0 Å². The lowest BCUT2D eigenvalue weighted by atomic mass is 10.3. The Labute approximate surface area is 161 Å². The van der Waals surface area contributed by atoms with E-state index in [1.54, 1.807) is 22.7 Å². The SMILES string of the molecule is CCOC(=O)CN1CCCN(C(=O)Cc2csc(-c3ccsc3)n2)CC1. The van der Waals surface area contributed by atoms with Crippen LogP contribution < -0.4 is 0 Å². The second-order valence-corrected chi connectivity index (χ2v) is 7.79. The number of nitrogens with zero attached hydrogens (tertiary/aromatic N) is 3. The van der Waals surface area contributed by atoms with E-state index in [-0.39, 0.29) is 11.9 Å². The van der Waals surface area contributed by atoms with E-state index >= 15 is 0 Å². The van der Waals surface area contributed by atoms with Crippen LogP contribution in [-0.2, 0) is 20.7 Å². The van der Waals surface area contributed by atoms with Gasteiger partial charge in [-0.2, -0.15) is 11.3 Å². The smallest absolute Gasteiger partial charge is 0.320 e. The minimum Gasteiger partial charge on any atom is -0.465 e. The zero-order chi connectivity index (χ0) is 18.4. The summed E-state index contributed by atoms with van der Waals surface area (Å²) in [7, 11) is 0. The average Bonchev–Trinajstić information content (AvgIpc) is 3.24. The Balaban J connectivity index is 1.51. The molecule has 1 aliphatic heterocycles. The van der Waals surface area contributed by atoms with Gasteiger partial charge in [0.15, 0.2) is 0 Å². The maximum absolute atomic E-state index is 12.6. The molecule has 0 atom stereocenters. The van der Waals surface area contributed by atoms with Gasteiger partial charge in [-0.3, -0.25) is 14.5 Å². The van der Waals surface area contributed by atoms with Crippen LogP contribution in [-0.4, -0.2) is 66.0 Å². The van der Waals surface area contributed by atoms with Gasteiger partial charge in [-0.05, 0) is 24.8 Å². The molecule has 2 aromatic rings. The lowest BCUT2D eigenvalue weighted by Crippen LogP contribution is -2.37. The number of carbonyl (C=O) groups excluding carboxylic acids is 2. The summed E-state index contributed by atoms with van der Waals surface area (Å²) in [4.78, 5) is 32.8. The largest absolute Gasteiger partial charge is 0.465 e. The number of thiazole rings is 1. The van der Waals surface area contributed by atoms with E-state index in [9.17, 15) is 9.59 Å². The van der Waals surface area contributed by atoms with Crippen LogP contribution in [0.25, 0.3) is 10.6 Å². The highest BCUT2D eigenvalue weighted by molar-refractivity contribution is 7.14. The number of hydrogen-bond acceptors (Lipinski definition) is 7. The number of esters is 1. The second kappa shape index (κ2) is 9.25. The number of ether oxygens (including phenoxy) is 1. The maximum atomic E-state index is 12.6. The van der Waals surface area contributed by atoms with Crippen molar-refractivity contribution in [1.82, 2.24) is 14.8 Å². The molecule has 0 aliphatic carbocycles. The third kappa shape index (κ3) is 5.12. The van der Waals surface area contributed by atoms with E-state index in [4.69, 9.17) is 4.74 Å². The molecular weight excluding hydrogens is 370 g/mol. The summed E-state index contributed by atoms with van der Waals surface area (Å²) in [5, 5.41) is 7.03. The fourth-order valence-electron chi connectivity index (χ4n) is 2.94. The summed E-state index contributed by atoms with van der Waals surface area (Å²) in [5.41, 5.74) is 1.94. The summed E-state index contributed by atoms with van der Waals surface area (Å²) in [5.74, 6) is -0.0964. The first-order chi connectivity index (χ1) is 12.7. The summed E-state index contributed by atoms with van der Waals surface area (Å²) in [6, 6.07) is 2.04. The summed E-state index contributed by atoms with van der Waals surface area (Å²) in [6.45, 7) is 5.37. The molecule has 2 aromatic heterocycles. The Hall–Kier alpha value is -1.77. The molecule has 0 N–H and O–H groups in total. The molecule has 140 valence electrons. The van der Waals surface area contributed by atoms with E-state index in [2.05, 4.69) is 15.3 Å². The van der Waals surface area contributed by atoms with Gasteiger partial charge in [-0.1, -0.05) is 0 Å². The summed E-state index contributed by atoms with van der Waals surface area (Å²) in [6.07, 6.45) is 1.20. The van der Waals surface area contributed by atoms with E-state index < -0.39 is 0 Å². The van der Waals surface area contributed by atoms with Crippen LogP contribution in [0.5, 0.6) is 0 Å². The highest BCUT2D eigenvalue weighted by Gasteiger charge is 2.21. The molecule has 1 aliphatic rings. The normalized spacial score (nSPS) is 15.7. The van der Waals surface area contributed by atoms with Crippen LogP contribution >= 0.6 is 22.7 Å². The quantitative estimate of drug-likeness (QED) is 0.706. The van der Waals surface area contributed by atoms with E-state index in [1.807, 2.05) is 28.7 Å². The molecule has 3 rings (SSSR count). The lowest BCUT2D eigenvalue weighted by molar-refractivity contribution is -0.144. The van der Waals surface area contributed by atoms with Crippen molar-refractivity contribution in [3.05, 3.63) is 27.9 Å². The fraction of sp³-hybridized carbons (Fsp3) is 0.500. The van der Waals surface area contributed by atoms with Crippen LogP contribution in [0.2, 0.25) is 0 Å². The van der Waals surface area contributed by atoms with Crippen molar-refractivity contribution in [3.8, 4) is 10.6 Å². The highest BCUT2D eigenvalue weighted by Crippen LogP contribution is 2.26. The Kier molecular flexibility index (Phi) is 6.76.